The Bertz CT molecular complexity index is 623. The van der Waals surface area contributed by atoms with E-state index in [4.69, 9.17) is 9.76 Å². The van der Waals surface area contributed by atoms with Gasteiger partial charge in [0.2, 0.25) is 5.91 Å². The molecule has 2 rings (SSSR count). The van der Waals surface area contributed by atoms with Gasteiger partial charge in [0.05, 0.1) is 17.9 Å². The third-order valence-electron chi connectivity index (χ3n) is 3.23. The van der Waals surface area contributed by atoms with E-state index in [-0.39, 0.29) is 29.3 Å². The molecule has 0 fully saturated rings. The van der Waals surface area contributed by atoms with E-state index in [1.165, 1.54) is 6.07 Å². The first-order valence-electron chi connectivity index (χ1n) is 6.48. The Balaban J connectivity index is 2.12. The van der Waals surface area contributed by atoms with Crippen molar-refractivity contribution in [2.24, 2.45) is 0 Å². The second-order valence-electron chi connectivity index (χ2n) is 4.74. The first kappa shape index (κ1) is 16.4. The Labute approximate surface area is 131 Å². The molecule has 1 amide bonds. The van der Waals surface area contributed by atoms with Crippen LogP contribution in [0.5, 0.6) is 5.75 Å². The molecule has 0 spiro atoms. The maximum atomic E-state index is 11.7. The second kappa shape index (κ2) is 6.84. The highest BCUT2D eigenvalue weighted by atomic mass is 32.2. The van der Waals surface area contributed by atoms with Crippen molar-refractivity contribution < 1.29 is 29.2 Å². The zero-order valence-electron chi connectivity index (χ0n) is 11.7. The van der Waals surface area contributed by atoms with E-state index >= 15 is 0 Å². The molecule has 0 radical (unpaired) electrons. The fourth-order valence-electron chi connectivity index (χ4n) is 2.18. The summed E-state index contributed by atoms with van der Waals surface area (Å²) in [4.78, 5) is 34.0. The number of fused-ring (bicyclic) bond motifs is 1. The van der Waals surface area contributed by atoms with E-state index in [2.05, 4.69) is 5.32 Å². The zero-order valence-corrected chi connectivity index (χ0v) is 12.6. The predicted octanol–water partition coefficient (Wildman–Crippen LogP) is 0.104. The Morgan fingerprint density at radius 2 is 2.18 bits per heavy atom. The monoisotopic (exact) mass is 323 g/mol. The smallest absolute Gasteiger partial charge is 0.534 e. The van der Waals surface area contributed by atoms with Gasteiger partial charge in [0.25, 0.3) is 0 Å². The SMILES string of the molecule is CSC(=O)CC(=O)N[C@H]1Cc2cccc(C(=O)O)c2OB1O. The summed E-state index contributed by atoms with van der Waals surface area (Å²) in [7, 11) is -1.37. The molecule has 0 unspecified atom stereocenters. The van der Waals surface area contributed by atoms with Gasteiger partial charge in [-0.15, -0.1) is 0 Å². The molecule has 0 aromatic heterocycles. The maximum Gasteiger partial charge on any atom is 0.547 e. The lowest BCUT2D eigenvalue weighted by Crippen LogP contribution is -2.53. The molecule has 1 aromatic carbocycles. The van der Waals surface area contributed by atoms with Gasteiger partial charge in [0, 0.05) is 0 Å². The molecule has 0 saturated heterocycles. The number of carboxylic acids is 1. The van der Waals surface area contributed by atoms with Crippen LogP contribution in [0.25, 0.3) is 0 Å². The molecule has 1 aliphatic rings. The normalized spacial score (nSPS) is 16.5. The number of carbonyl (C=O) groups is 3. The first-order valence-corrected chi connectivity index (χ1v) is 7.71. The van der Waals surface area contributed by atoms with Crippen LogP contribution in [0.1, 0.15) is 22.3 Å². The van der Waals surface area contributed by atoms with Gasteiger partial charge in [0.15, 0.2) is 5.12 Å². The van der Waals surface area contributed by atoms with Crippen LogP contribution in [0.3, 0.4) is 0 Å². The predicted molar refractivity (Wildman–Crippen MR) is 80.8 cm³/mol. The van der Waals surface area contributed by atoms with Crippen LogP contribution < -0.4 is 9.97 Å². The molecular formula is C13H14BNO6S. The number of para-hydroxylation sites is 1. The number of benzene rings is 1. The molecule has 0 bridgehead atoms. The van der Waals surface area contributed by atoms with E-state index in [0.717, 1.165) is 11.8 Å². The Kier molecular flexibility index (Phi) is 5.09. The van der Waals surface area contributed by atoms with Gasteiger partial charge in [-0.25, -0.2) is 4.79 Å². The lowest BCUT2D eigenvalue weighted by Gasteiger charge is -2.28. The van der Waals surface area contributed by atoms with Gasteiger partial charge in [-0.05, 0) is 24.3 Å². The van der Waals surface area contributed by atoms with Crippen molar-refractivity contribution in [2.45, 2.75) is 18.8 Å². The fourth-order valence-corrected chi connectivity index (χ4v) is 2.45. The van der Waals surface area contributed by atoms with E-state index in [0.29, 0.717) is 5.56 Å². The summed E-state index contributed by atoms with van der Waals surface area (Å²) in [6.45, 7) is 0. The highest BCUT2D eigenvalue weighted by Crippen LogP contribution is 2.30. The van der Waals surface area contributed by atoms with Gasteiger partial charge >= 0.3 is 13.1 Å². The van der Waals surface area contributed by atoms with Gasteiger partial charge < -0.3 is 20.1 Å². The Morgan fingerprint density at radius 3 is 2.82 bits per heavy atom. The number of rotatable bonds is 4. The number of nitrogens with one attached hydrogen (secondary N) is 1. The van der Waals surface area contributed by atoms with Crippen molar-refractivity contribution in [1.29, 1.82) is 0 Å². The average Bonchev–Trinajstić information content (AvgIpc) is 2.47. The Morgan fingerprint density at radius 1 is 1.45 bits per heavy atom. The topological polar surface area (TPSA) is 113 Å². The summed E-state index contributed by atoms with van der Waals surface area (Å²) >= 11 is 0.951. The Hall–Kier alpha value is -2.00. The van der Waals surface area contributed by atoms with Gasteiger partial charge in [-0.1, -0.05) is 23.9 Å². The molecule has 3 N–H and O–H groups in total. The molecule has 0 aliphatic carbocycles. The second-order valence-corrected chi connectivity index (χ2v) is 5.60. The van der Waals surface area contributed by atoms with E-state index in [1.807, 2.05) is 0 Å². The zero-order chi connectivity index (χ0) is 16.3. The van der Waals surface area contributed by atoms with Crippen LogP contribution in [0.2, 0.25) is 0 Å². The minimum absolute atomic E-state index is 0.0427. The van der Waals surface area contributed by atoms with E-state index in [1.54, 1.807) is 18.4 Å². The van der Waals surface area contributed by atoms with Crippen LogP contribution >= 0.6 is 11.8 Å². The highest BCUT2D eigenvalue weighted by Gasteiger charge is 2.37. The van der Waals surface area contributed by atoms with Crippen molar-refractivity contribution in [2.75, 3.05) is 6.26 Å². The van der Waals surface area contributed by atoms with Crippen molar-refractivity contribution >= 4 is 35.9 Å². The summed E-state index contributed by atoms with van der Waals surface area (Å²) < 4.78 is 5.24. The van der Waals surface area contributed by atoms with Crippen molar-refractivity contribution in [3.63, 3.8) is 0 Å². The summed E-state index contributed by atoms with van der Waals surface area (Å²) in [6.07, 6.45) is 1.51. The molecule has 1 atom stereocenters. The number of hydrogen-bond acceptors (Lipinski definition) is 6. The summed E-state index contributed by atoms with van der Waals surface area (Å²) in [6, 6.07) is 4.61. The lowest BCUT2D eigenvalue weighted by atomic mass is 9.72. The van der Waals surface area contributed by atoms with Crippen LogP contribution in [-0.2, 0) is 16.0 Å². The molecule has 0 saturated carbocycles. The van der Waals surface area contributed by atoms with Gasteiger partial charge in [-0.3, -0.25) is 9.59 Å². The molecule has 7 nitrogen and oxygen atoms in total. The molecule has 9 heteroatoms. The standard InChI is InChI=1S/C13H14BNO6S/c1-22-11(17)6-10(16)15-9-5-7-3-2-4-8(13(18)19)12(7)21-14(9)20/h2-4,9,20H,5-6H2,1H3,(H,15,16)(H,18,19)/t9-/m0/s1. The average molecular weight is 323 g/mol. The minimum atomic E-state index is -1.37. The maximum absolute atomic E-state index is 11.7. The third kappa shape index (κ3) is 3.60. The number of thioether (sulfide) groups is 1. The third-order valence-corrected chi connectivity index (χ3v) is 3.83. The number of amides is 1. The molecule has 116 valence electrons. The molecular weight excluding hydrogens is 309 g/mol. The number of carbonyl (C=O) groups excluding carboxylic acids is 2. The molecule has 1 heterocycles. The first-order chi connectivity index (χ1) is 10.4. The van der Waals surface area contributed by atoms with Crippen molar-refractivity contribution in [1.82, 2.24) is 5.32 Å². The number of carboxylic acid groups (broad SMARTS) is 1. The van der Waals surface area contributed by atoms with Crippen LogP contribution in [0, 0.1) is 0 Å². The summed E-state index contributed by atoms with van der Waals surface area (Å²) in [5.41, 5.74) is 0.533. The lowest BCUT2D eigenvalue weighted by molar-refractivity contribution is -0.125. The summed E-state index contributed by atoms with van der Waals surface area (Å²) in [5, 5.41) is 21.3. The van der Waals surface area contributed by atoms with Crippen LogP contribution in [0.4, 0.5) is 0 Å². The van der Waals surface area contributed by atoms with E-state index in [9.17, 15) is 19.4 Å². The van der Waals surface area contributed by atoms with Crippen LogP contribution in [0.15, 0.2) is 18.2 Å². The molecule has 1 aromatic rings. The minimum Gasteiger partial charge on any atom is -0.534 e. The quantitative estimate of drug-likeness (QED) is 0.532. The van der Waals surface area contributed by atoms with Gasteiger partial charge in [-0.2, -0.15) is 0 Å². The number of aromatic carboxylic acids is 1. The largest absolute Gasteiger partial charge is 0.547 e. The number of hydrogen-bond donors (Lipinski definition) is 3. The molecule has 1 aliphatic heterocycles. The van der Waals surface area contributed by atoms with Gasteiger partial charge in [0.1, 0.15) is 5.75 Å². The molecule has 22 heavy (non-hydrogen) atoms. The van der Waals surface area contributed by atoms with E-state index < -0.39 is 24.9 Å². The highest BCUT2D eigenvalue weighted by molar-refractivity contribution is 8.13. The van der Waals surface area contributed by atoms with Crippen molar-refractivity contribution in [3.8, 4) is 5.75 Å². The fraction of sp³-hybridized carbons (Fsp3) is 0.308. The van der Waals surface area contributed by atoms with Crippen LogP contribution in [-0.4, -0.2) is 46.4 Å². The van der Waals surface area contributed by atoms with Crippen molar-refractivity contribution in [3.05, 3.63) is 29.3 Å². The summed E-state index contributed by atoms with van der Waals surface area (Å²) in [5.74, 6) is -2.30.